The molecule has 0 atom stereocenters. The van der Waals surface area contributed by atoms with Crippen molar-refractivity contribution in [3.63, 3.8) is 0 Å². The first-order valence-electron chi connectivity index (χ1n) is 6.47. The van der Waals surface area contributed by atoms with Crippen molar-refractivity contribution in [2.75, 3.05) is 11.9 Å². The largest absolute Gasteiger partial charge is 0.355 e. The number of benzene rings is 1. The van der Waals surface area contributed by atoms with E-state index in [9.17, 15) is 4.39 Å². The molecule has 2 rings (SSSR count). The minimum absolute atomic E-state index is 0.341. The lowest BCUT2D eigenvalue weighted by Gasteiger charge is -2.13. The topological polar surface area (TPSA) is 29.9 Å². The minimum atomic E-state index is -0.372. The number of hydrogen-bond donors (Lipinski definition) is 1. The highest BCUT2D eigenvalue weighted by Crippen LogP contribution is 2.32. The third-order valence-electron chi connectivity index (χ3n) is 2.86. The van der Waals surface area contributed by atoms with Gasteiger partial charge in [0.1, 0.15) is 5.82 Å². The van der Waals surface area contributed by atoms with Gasteiger partial charge in [-0.15, -0.1) is 0 Å². The lowest BCUT2D eigenvalue weighted by Crippen LogP contribution is -2.08. The Morgan fingerprint density at radius 2 is 2.20 bits per heavy atom. The van der Waals surface area contributed by atoms with Gasteiger partial charge < -0.3 is 5.32 Å². The second kappa shape index (κ2) is 6.59. The first-order valence-corrected chi connectivity index (χ1v) is 7.64. The number of imidazole rings is 1. The van der Waals surface area contributed by atoms with E-state index >= 15 is 0 Å². The van der Waals surface area contributed by atoms with E-state index in [1.165, 1.54) is 12.1 Å². The molecular weight excluding hydrogens is 345 g/mol. The maximum atomic E-state index is 13.3. The number of aromatic nitrogens is 2. The van der Waals surface area contributed by atoms with Gasteiger partial charge in [-0.3, -0.25) is 4.57 Å². The van der Waals surface area contributed by atoms with Crippen molar-refractivity contribution in [3.05, 3.63) is 39.3 Å². The molecule has 0 aliphatic rings. The average Bonchev–Trinajstić information content (AvgIpc) is 2.69. The molecule has 0 aliphatic heterocycles. The number of unbranched alkanes of at least 4 members (excludes halogenated alkanes) is 1. The maximum Gasteiger partial charge on any atom is 0.207 e. The summed E-state index contributed by atoms with van der Waals surface area (Å²) in [6, 6.07) is 2.69. The van der Waals surface area contributed by atoms with Gasteiger partial charge in [0, 0.05) is 17.2 Å². The number of anilines is 1. The molecule has 0 fully saturated rings. The van der Waals surface area contributed by atoms with Gasteiger partial charge in [-0.2, -0.15) is 0 Å². The van der Waals surface area contributed by atoms with Gasteiger partial charge in [0.25, 0.3) is 0 Å². The fourth-order valence-electron chi connectivity index (χ4n) is 1.93. The van der Waals surface area contributed by atoms with E-state index in [1.807, 2.05) is 17.7 Å². The van der Waals surface area contributed by atoms with E-state index < -0.39 is 0 Å². The molecule has 108 valence electrons. The minimum Gasteiger partial charge on any atom is -0.355 e. The zero-order valence-corrected chi connectivity index (χ0v) is 13.7. The Morgan fingerprint density at radius 1 is 1.45 bits per heavy atom. The van der Waals surface area contributed by atoms with Crippen LogP contribution in [0.5, 0.6) is 0 Å². The molecule has 0 aliphatic carbocycles. The summed E-state index contributed by atoms with van der Waals surface area (Å²) >= 11 is 9.52. The first-order chi connectivity index (χ1) is 9.52. The summed E-state index contributed by atoms with van der Waals surface area (Å²) in [5, 5.41) is 3.62. The Balaban J connectivity index is 2.42. The van der Waals surface area contributed by atoms with Gasteiger partial charge in [0.05, 0.1) is 16.4 Å². The second-order valence-electron chi connectivity index (χ2n) is 4.57. The summed E-state index contributed by atoms with van der Waals surface area (Å²) in [5.41, 5.74) is 1.56. The molecule has 1 aromatic heterocycles. The van der Waals surface area contributed by atoms with E-state index in [-0.39, 0.29) is 5.82 Å². The predicted molar refractivity (Wildman–Crippen MR) is 84.4 cm³/mol. The fraction of sp³-hybridized carbons (Fsp3) is 0.357. The van der Waals surface area contributed by atoms with Crippen molar-refractivity contribution in [2.45, 2.75) is 26.7 Å². The molecule has 0 saturated heterocycles. The van der Waals surface area contributed by atoms with Gasteiger partial charge >= 0.3 is 0 Å². The molecule has 1 aromatic carbocycles. The van der Waals surface area contributed by atoms with Crippen LogP contribution in [-0.4, -0.2) is 16.1 Å². The predicted octanol–water partition coefficient (Wildman–Crippen LogP) is 4.95. The van der Waals surface area contributed by atoms with Crippen molar-refractivity contribution in [1.82, 2.24) is 9.55 Å². The normalized spacial score (nSPS) is 10.8. The SMILES string of the molecule is CCCCNc1nc(C)cn1-c1c(Cl)cc(F)cc1Br. The Bertz CT molecular complexity index is 589. The highest BCUT2D eigenvalue weighted by atomic mass is 79.9. The van der Waals surface area contributed by atoms with Crippen LogP contribution in [0.25, 0.3) is 5.69 Å². The summed E-state index contributed by atoms with van der Waals surface area (Å²) in [4.78, 5) is 4.44. The molecule has 0 unspecified atom stereocenters. The van der Waals surface area contributed by atoms with Gasteiger partial charge in [-0.25, -0.2) is 9.37 Å². The summed E-state index contributed by atoms with van der Waals surface area (Å²) in [6.45, 7) is 4.88. The highest BCUT2D eigenvalue weighted by molar-refractivity contribution is 9.10. The lowest BCUT2D eigenvalue weighted by molar-refractivity contribution is 0.626. The molecular formula is C14H16BrClFN3. The van der Waals surface area contributed by atoms with Crippen LogP contribution in [0.4, 0.5) is 10.3 Å². The van der Waals surface area contributed by atoms with Gasteiger partial charge in [-0.05, 0) is 41.4 Å². The van der Waals surface area contributed by atoms with Crippen molar-refractivity contribution in [1.29, 1.82) is 0 Å². The summed E-state index contributed by atoms with van der Waals surface area (Å²) in [7, 11) is 0. The van der Waals surface area contributed by atoms with E-state index in [0.717, 1.165) is 25.1 Å². The van der Waals surface area contributed by atoms with Crippen molar-refractivity contribution >= 4 is 33.5 Å². The summed E-state index contributed by atoms with van der Waals surface area (Å²) in [6.07, 6.45) is 4.04. The van der Waals surface area contributed by atoms with Gasteiger partial charge in [-0.1, -0.05) is 24.9 Å². The molecule has 0 bridgehead atoms. The molecule has 1 heterocycles. The van der Waals surface area contributed by atoms with Crippen LogP contribution >= 0.6 is 27.5 Å². The monoisotopic (exact) mass is 359 g/mol. The zero-order valence-electron chi connectivity index (χ0n) is 11.4. The molecule has 0 radical (unpaired) electrons. The second-order valence-corrected chi connectivity index (χ2v) is 5.84. The van der Waals surface area contributed by atoms with Crippen LogP contribution in [0, 0.1) is 12.7 Å². The molecule has 2 aromatic rings. The van der Waals surface area contributed by atoms with Gasteiger partial charge in [0.15, 0.2) is 0 Å². The van der Waals surface area contributed by atoms with Gasteiger partial charge in [0.2, 0.25) is 5.95 Å². The molecule has 1 N–H and O–H groups in total. The molecule has 3 nitrogen and oxygen atoms in total. The molecule has 0 saturated carbocycles. The average molecular weight is 361 g/mol. The summed E-state index contributed by atoms with van der Waals surface area (Å²) < 4.78 is 15.8. The van der Waals surface area contributed by atoms with Crippen molar-refractivity contribution in [2.24, 2.45) is 0 Å². The number of nitrogens with one attached hydrogen (secondary N) is 1. The molecule has 20 heavy (non-hydrogen) atoms. The number of nitrogens with zero attached hydrogens (tertiary/aromatic N) is 2. The molecule has 0 spiro atoms. The van der Waals surface area contributed by atoms with Crippen LogP contribution in [0.1, 0.15) is 25.5 Å². The van der Waals surface area contributed by atoms with E-state index in [0.29, 0.717) is 21.1 Å². The van der Waals surface area contributed by atoms with Crippen LogP contribution in [0.2, 0.25) is 5.02 Å². The van der Waals surface area contributed by atoms with E-state index in [2.05, 4.69) is 33.2 Å². The quantitative estimate of drug-likeness (QED) is 0.765. The third kappa shape index (κ3) is 3.33. The van der Waals surface area contributed by atoms with Crippen LogP contribution < -0.4 is 5.32 Å². The number of aryl methyl sites for hydroxylation is 1. The Kier molecular flexibility index (Phi) is 5.05. The smallest absolute Gasteiger partial charge is 0.207 e. The van der Waals surface area contributed by atoms with E-state index in [1.54, 1.807) is 0 Å². The van der Waals surface area contributed by atoms with Crippen LogP contribution in [0.3, 0.4) is 0 Å². The third-order valence-corrected chi connectivity index (χ3v) is 3.75. The lowest BCUT2D eigenvalue weighted by atomic mass is 10.3. The van der Waals surface area contributed by atoms with Crippen molar-refractivity contribution in [3.8, 4) is 5.69 Å². The van der Waals surface area contributed by atoms with E-state index in [4.69, 9.17) is 11.6 Å². The number of rotatable bonds is 5. The fourth-order valence-corrected chi connectivity index (χ4v) is 2.97. The Hall–Kier alpha value is -1.07. The Labute approximate surface area is 131 Å². The number of hydrogen-bond acceptors (Lipinski definition) is 2. The van der Waals surface area contributed by atoms with Crippen LogP contribution in [0.15, 0.2) is 22.8 Å². The highest BCUT2D eigenvalue weighted by Gasteiger charge is 2.14. The Morgan fingerprint density at radius 3 is 2.85 bits per heavy atom. The maximum absolute atomic E-state index is 13.3. The summed E-state index contributed by atoms with van der Waals surface area (Å²) in [5.74, 6) is 0.341. The molecule has 0 amide bonds. The molecule has 6 heteroatoms. The van der Waals surface area contributed by atoms with Crippen molar-refractivity contribution < 1.29 is 4.39 Å². The number of halogens is 3. The van der Waals surface area contributed by atoms with Crippen LogP contribution in [-0.2, 0) is 0 Å². The zero-order chi connectivity index (χ0) is 14.7. The first kappa shape index (κ1) is 15.3. The standard InChI is InChI=1S/C14H16BrClFN3/c1-3-4-5-18-14-19-9(2)8-20(14)13-11(15)6-10(17)7-12(13)16/h6-8H,3-5H2,1-2H3,(H,18,19).